The molecule has 2 aromatic carbocycles. The molecule has 8 nitrogen and oxygen atoms in total. The van der Waals surface area contributed by atoms with Gasteiger partial charge in [-0.25, -0.2) is 13.8 Å². The number of halogens is 3. The number of hydrogen-bond acceptors (Lipinski definition) is 4. The maximum Gasteiger partial charge on any atom is 0.247 e. The Kier molecular flexibility index (Phi) is 9.90. The van der Waals surface area contributed by atoms with E-state index in [0.29, 0.717) is 41.4 Å². The largest absolute Gasteiger partial charge is 0.370 e. The second-order valence-electron chi connectivity index (χ2n) is 10.5. The van der Waals surface area contributed by atoms with Crippen molar-refractivity contribution in [2.24, 2.45) is 22.4 Å². The molecule has 0 radical (unpaired) electrons. The van der Waals surface area contributed by atoms with E-state index in [1.807, 2.05) is 6.07 Å². The third-order valence-corrected chi connectivity index (χ3v) is 7.40. The molecule has 0 fully saturated rings. The summed E-state index contributed by atoms with van der Waals surface area (Å²) in [6, 6.07) is 10.7. The highest BCUT2D eigenvalue weighted by Gasteiger charge is 2.30. The number of nitrogens with two attached hydrogens (primary N) is 2. The Bertz CT molecular complexity index is 1540. The van der Waals surface area contributed by atoms with E-state index < -0.39 is 11.6 Å². The molecule has 4 rings (SSSR count). The molecule has 1 aromatic heterocycles. The molecule has 0 saturated heterocycles. The standard InChI is InChI=1S/C31H33ClF2N6O2/c1-18(2)4-3-5-27(40-13-11-20(15-28(40)42)29-24(33)9-8-23(32)30(29)34)26-14-19(10-12-37-26)22-7-6-21(39-31(35)36)16-25(22)38-17-41/h6-10,12,14-18,27H,3-5,11,13H2,1-2H3,(H,38,41)(H4,35,36,39). The summed E-state index contributed by atoms with van der Waals surface area (Å²) in [5.74, 6) is -1.64. The molecular formula is C31H33ClF2N6O2. The van der Waals surface area contributed by atoms with E-state index in [-0.39, 0.29) is 47.0 Å². The van der Waals surface area contributed by atoms with E-state index in [4.69, 9.17) is 23.1 Å². The monoisotopic (exact) mass is 594 g/mol. The quantitative estimate of drug-likeness (QED) is 0.103. The van der Waals surface area contributed by atoms with Crippen molar-refractivity contribution >= 4 is 46.8 Å². The molecule has 1 aliphatic rings. The Morgan fingerprint density at radius 2 is 1.95 bits per heavy atom. The molecule has 0 spiro atoms. The minimum absolute atomic E-state index is 0.112. The first-order valence-electron chi connectivity index (χ1n) is 13.6. The van der Waals surface area contributed by atoms with Crippen LogP contribution in [0.5, 0.6) is 0 Å². The Labute approximate surface area is 248 Å². The van der Waals surface area contributed by atoms with Crippen LogP contribution < -0.4 is 16.8 Å². The number of anilines is 1. The molecule has 2 heterocycles. The molecule has 42 heavy (non-hydrogen) atoms. The Hall–Kier alpha value is -4.31. The van der Waals surface area contributed by atoms with Crippen LogP contribution in [-0.2, 0) is 9.59 Å². The fraction of sp³-hybridized carbons (Fsp3) is 0.290. The number of carbonyl (C=O) groups excluding carboxylic acids is 2. The molecule has 0 saturated carbocycles. The number of aliphatic imine (C=N–C) groups is 1. The van der Waals surface area contributed by atoms with Crippen LogP contribution in [0.3, 0.4) is 0 Å². The van der Waals surface area contributed by atoms with Gasteiger partial charge in [-0.3, -0.25) is 14.6 Å². The summed E-state index contributed by atoms with van der Waals surface area (Å²) >= 11 is 5.90. The van der Waals surface area contributed by atoms with Crippen LogP contribution in [-0.4, -0.2) is 34.7 Å². The minimum Gasteiger partial charge on any atom is -0.370 e. The highest BCUT2D eigenvalue weighted by molar-refractivity contribution is 6.31. The van der Waals surface area contributed by atoms with Crippen LogP contribution in [0.4, 0.5) is 20.2 Å². The summed E-state index contributed by atoms with van der Waals surface area (Å²) in [5.41, 5.74) is 14.1. The molecule has 5 N–H and O–H groups in total. The third-order valence-electron chi connectivity index (χ3n) is 7.11. The molecule has 1 unspecified atom stereocenters. The zero-order valence-electron chi connectivity index (χ0n) is 23.4. The second kappa shape index (κ2) is 13.6. The Morgan fingerprint density at radius 3 is 2.64 bits per heavy atom. The summed E-state index contributed by atoms with van der Waals surface area (Å²) in [4.78, 5) is 35.2. The smallest absolute Gasteiger partial charge is 0.247 e. The lowest BCUT2D eigenvalue weighted by Gasteiger charge is -2.34. The SMILES string of the molecule is CC(C)CCCC(c1cc(-c2ccc(N=C(N)N)cc2NC=O)ccn1)N1CCC(c2c(F)ccc(Cl)c2F)=CC1=O. The van der Waals surface area contributed by atoms with Gasteiger partial charge in [0.05, 0.1) is 33.7 Å². The number of guanidine groups is 1. The molecular weight excluding hydrogens is 562 g/mol. The summed E-state index contributed by atoms with van der Waals surface area (Å²) < 4.78 is 29.3. The van der Waals surface area contributed by atoms with Gasteiger partial charge in [0.25, 0.3) is 0 Å². The molecule has 2 amide bonds. The first-order valence-corrected chi connectivity index (χ1v) is 14.0. The van der Waals surface area contributed by atoms with Gasteiger partial charge in [0.2, 0.25) is 12.3 Å². The zero-order valence-corrected chi connectivity index (χ0v) is 24.2. The predicted octanol–water partition coefficient (Wildman–Crippen LogP) is 6.34. The predicted molar refractivity (Wildman–Crippen MR) is 162 cm³/mol. The molecule has 11 heteroatoms. The van der Waals surface area contributed by atoms with Crippen molar-refractivity contribution in [2.45, 2.75) is 45.6 Å². The lowest BCUT2D eigenvalue weighted by atomic mass is 9.93. The van der Waals surface area contributed by atoms with Crippen molar-refractivity contribution in [3.8, 4) is 11.1 Å². The summed E-state index contributed by atoms with van der Waals surface area (Å²) in [5, 5.41) is 2.49. The van der Waals surface area contributed by atoms with Gasteiger partial charge >= 0.3 is 0 Å². The van der Waals surface area contributed by atoms with E-state index in [1.165, 1.54) is 6.08 Å². The number of pyridine rings is 1. The third kappa shape index (κ3) is 7.12. The van der Waals surface area contributed by atoms with Gasteiger partial charge in [0.15, 0.2) is 11.8 Å². The van der Waals surface area contributed by atoms with E-state index >= 15 is 0 Å². The number of nitrogens with one attached hydrogen (secondary N) is 1. The van der Waals surface area contributed by atoms with Gasteiger partial charge in [0.1, 0.15) is 5.82 Å². The summed E-state index contributed by atoms with van der Waals surface area (Å²) in [7, 11) is 0. The normalized spacial score (nSPS) is 14.0. The van der Waals surface area contributed by atoms with Gasteiger partial charge in [-0.1, -0.05) is 44.4 Å². The van der Waals surface area contributed by atoms with Gasteiger partial charge in [-0.2, -0.15) is 0 Å². The number of carbonyl (C=O) groups is 2. The van der Waals surface area contributed by atoms with Crippen LogP contribution in [0.25, 0.3) is 16.7 Å². The van der Waals surface area contributed by atoms with E-state index in [1.54, 1.807) is 35.4 Å². The number of nitrogens with zero attached hydrogens (tertiary/aromatic N) is 3. The second-order valence-corrected chi connectivity index (χ2v) is 10.9. The van der Waals surface area contributed by atoms with Crippen molar-refractivity contribution in [2.75, 3.05) is 11.9 Å². The average Bonchev–Trinajstić information content (AvgIpc) is 2.94. The fourth-order valence-corrected chi connectivity index (χ4v) is 5.31. The van der Waals surface area contributed by atoms with E-state index in [9.17, 15) is 18.4 Å². The number of benzene rings is 2. The maximum atomic E-state index is 14.7. The fourth-order valence-electron chi connectivity index (χ4n) is 5.15. The molecule has 1 aliphatic heterocycles. The molecule has 0 bridgehead atoms. The van der Waals surface area contributed by atoms with Crippen molar-refractivity contribution < 1.29 is 18.4 Å². The molecule has 0 aliphatic carbocycles. The van der Waals surface area contributed by atoms with E-state index in [2.05, 4.69) is 29.1 Å². The van der Waals surface area contributed by atoms with Crippen molar-refractivity contribution in [1.82, 2.24) is 9.88 Å². The number of rotatable bonds is 11. The van der Waals surface area contributed by atoms with Gasteiger partial charge in [-0.05, 0) is 66.3 Å². The van der Waals surface area contributed by atoms with Crippen LogP contribution in [0, 0.1) is 17.6 Å². The molecule has 3 aromatic rings. The van der Waals surface area contributed by atoms with Gasteiger partial charge < -0.3 is 21.7 Å². The number of aromatic nitrogens is 1. The van der Waals surface area contributed by atoms with Crippen molar-refractivity contribution in [1.29, 1.82) is 0 Å². The summed E-state index contributed by atoms with van der Waals surface area (Å²) in [6.07, 6.45) is 6.20. The molecule has 1 atom stereocenters. The van der Waals surface area contributed by atoms with Crippen LogP contribution in [0.2, 0.25) is 5.02 Å². The van der Waals surface area contributed by atoms with Crippen molar-refractivity contribution in [3.05, 3.63) is 82.7 Å². The Balaban J connectivity index is 1.71. The first-order chi connectivity index (χ1) is 20.1. The van der Waals surface area contributed by atoms with Crippen molar-refractivity contribution in [3.63, 3.8) is 0 Å². The maximum absolute atomic E-state index is 14.7. The molecule has 220 valence electrons. The van der Waals surface area contributed by atoms with E-state index in [0.717, 1.165) is 30.5 Å². The van der Waals surface area contributed by atoms with Crippen LogP contribution >= 0.6 is 11.6 Å². The Morgan fingerprint density at radius 1 is 1.17 bits per heavy atom. The first kappa shape index (κ1) is 30.6. The average molecular weight is 595 g/mol. The van der Waals surface area contributed by atoms with Gasteiger partial charge in [-0.15, -0.1) is 0 Å². The zero-order chi connectivity index (χ0) is 30.4. The lowest BCUT2D eigenvalue weighted by molar-refractivity contribution is -0.129. The van der Waals surface area contributed by atoms with Gasteiger partial charge in [0, 0.05) is 24.4 Å². The minimum atomic E-state index is -0.877. The van der Waals surface area contributed by atoms with Crippen LogP contribution in [0.1, 0.15) is 56.8 Å². The number of hydrogen-bond donors (Lipinski definition) is 3. The lowest BCUT2D eigenvalue weighted by Crippen LogP contribution is -2.38. The van der Waals surface area contributed by atoms with Crippen LogP contribution in [0.15, 0.2) is 59.7 Å². The highest BCUT2D eigenvalue weighted by atomic mass is 35.5. The number of amides is 2. The highest BCUT2D eigenvalue weighted by Crippen LogP contribution is 2.37. The summed E-state index contributed by atoms with van der Waals surface area (Å²) in [6.45, 7) is 4.52. The topological polar surface area (TPSA) is 127 Å².